The van der Waals surface area contributed by atoms with Gasteiger partial charge in [0.05, 0.1) is 17.6 Å². The normalized spacial score (nSPS) is 18.8. The summed E-state index contributed by atoms with van der Waals surface area (Å²) in [5, 5.41) is 5.43. The summed E-state index contributed by atoms with van der Waals surface area (Å²) in [6.45, 7) is -0.0279. The fourth-order valence-corrected chi connectivity index (χ4v) is 4.26. The second-order valence-corrected chi connectivity index (χ2v) is 9.00. The fourth-order valence-electron chi connectivity index (χ4n) is 3.68. The quantitative estimate of drug-likeness (QED) is 0.617. The molecule has 1 aromatic carbocycles. The number of imide groups is 1. The Kier molecular flexibility index (Phi) is 5.59. The van der Waals surface area contributed by atoms with Crippen molar-refractivity contribution < 1.29 is 22.8 Å². The van der Waals surface area contributed by atoms with Crippen LogP contribution in [0.1, 0.15) is 38.5 Å². The van der Waals surface area contributed by atoms with E-state index in [2.05, 4.69) is 15.4 Å². The summed E-state index contributed by atoms with van der Waals surface area (Å²) in [4.78, 5) is 38.3. The smallest absolute Gasteiger partial charge is 0.324 e. The SMILES string of the molecule is CS(=O)(=O)Nc1ccccc1NC(=O)CCN1C(=O)NC2(CCCCC2)C1=O. The van der Waals surface area contributed by atoms with Crippen LogP contribution in [0.25, 0.3) is 0 Å². The third-order valence-corrected chi connectivity index (χ3v) is 5.60. The van der Waals surface area contributed by atoms with Crippen molar-refractivity contribution in [1.29, 1.82) is 0 Å². The van der Waals surface area contributed by atoms with Crippen molar-refractivity contribution in [3.8, 4) is 0 Å². The maximum Gasteiger partial charge on any atom is 0.325 e. The highest BCUT2D eigenvalue weighted by Gasteiger charge is 2.51. The Bertz CT molecular complexity index is 893. The molecule has 1 aromatic rings. The number of nitrogens with zero attached hydrogens (tertiary/aromatic N) is 1. The highest BCUT2D eigenvalue weighted by Crippen LogP contribution is 2.33. The molecule has 1 aliphatic carbocycles. The molecule has 2 fully saturated rings. The Balaban J connectivity index is 1.61. The van der Waals surface area contributed by atoms with Crippen molar-refractivity contribution in [2.75, 3.05) is 22.8 Å². The molecule has 3 rings (SSSR count). The van der Waals surface area contributed by atoms with Crippen LogP contribution in [0, 0.1) is 0 Å². The molecule has 4 amide bonds. The Hall–Kier alpha value is -2.62. The molecule has 9 nitrogen and oxygen atoms in total. The molecule has 1 aliphatic heterocycles. The first-order valence-electron chi connectivity index (χ1n) is 9.21. The van der Waals surface area contributed by atoms with Crippen molar-refractivity contribution in [2.45, 2.75) is 44.1 Å². The summed E-state index contributed by atoms with van der Waals surface area (Å²) < 4.78 is 25.2. The topological polar surface area (TPSA) is 125 Å². The molecule has 10 heteroatoms. The lowest BCUT2D eigenvalue weighted by Gasteiger charge is -2.30. The van der Waals surface area contributed by atoms with Crippen LogP contribution in [0.2, 0.25) is 0 Å². The first kappa shape index (κ1) is 20.1. The molecule has 28 heavy (non-hydrogen) atoms. The number of urea groups is 1. The van der Waals surface area contributed by atoms with E-state index in [1.54, 1.807) is 18.2 Å². The molecule has 1 saturated carbocycles. The predicted octanol–water partition coefficient (Wildman–Crippen LogP) is 1.64. The van der Waals surface area contributed by atoms with E-state index < -0.39 is 27.5 Å². The number of carbonyl (C=O) groups is 3. The van der Waals surface area contributed by atoms with Crippen LogP contribution in [0.3, 0.4) is 0 Å². The number of hydrogen-bond donors (Lipinski definition) is 3. The van der Waals surface area contributed by atoms with Crippen LogP contribution in [0.4, 0.5) is 16.2 Å². The monoisotopic (exact) mass is 408 g/mol. The van der Waals surface area contributed by atoms with Crippen molar-refractivity contribution in [3.05, 3.63) is 24.3 Å². The molecular formula is C18H24N4O5S. The van der Waals surface area contributed by atoms with E-state index in [0.29, 0.717) is 18.5 Å². The predicted molar refractivity (Wildman–Crippen MR) is 104 cm³/mol. The van der Waals surface area contributed by atoms with Gasteiger partial charge in [-0.05, 0) is 25.0 Å². The average Bonchev–Trinajstić information content (AvgIpc) is 2.84. The van der Waals surface area contributed by atoms with E-state index in [4.69, 9.17) is 0 Å². The van der Waals surface area contributed by atoms with Crippen LogP contribution in [0.5, 0.6) is 0 Å². The van der Waals surface area contributed by atoms with Gasteiger partial charge in [-0.25, -0.2) is 13.2 Å². The number of hydrogen-bond acceptors (Lipinski definition) is 5. The second kappa shape index (κ2) is 7.78. The van der Waals surface area contributed by atoms with Gasteiger partial charge in [-0.15, -0.1) is 0 Å². The van der Waals surface area contributed by atoms with Gasteiger partial charge in [-0.2, -0.15) is 0 Å². The van der Waals surface area contributed by atoms with E-state index in [1.807, 2.05) is 0 Å². The standard InChI is InChI=1S/C18H24N4O5S/c1-28(26,27)21-14-8-4-3-7-13(14)19-15(23)9-12-22-16(24)18(20-17(22)25)10-5-2-6-11-18/h3-4,7-8,21H,2,5-6,9-12H2,1H3,(H,19,23)(H,20,25). The van der Waals surface area contributed by atoms with Crippen LogP contribution < -0.4 is 15.4 Å². The molecule has 1 heterocycles. The Labute approximate surface area is 163 Å². The zero-order valence-electron chi connectivity index (χ0n) is 15.7. The molecule has 0 atom stereocenters. The van der Waals surface area contributed by atoms with Gasteiger partial charge in [0, 0.05) is 13.0 Å². The number of para-hydroxylation sites is 2. The van der Waals surface area contributed by atoms with Gasteiger partial charge in [0.25, 0.3) is 5.91 Å². The Morgan fingerprint density at radius 3 is 2.43 bits per heavy atom. The minimum Gasteiger partial charge on any atom is -0.324 e. The van der Waals surface area contributed by atoms with Gasteiger partial charge < -0.3 is 10.6 Å². The zero-order valence-corrected chi connectivity index (χ0v) is 16.5. The van der Waals surface area contributed by atoms with Crippen molar-refractivity contribution in [2.24, 2.45) is 0 Å². The molecule has 0 radical (unpaired) electrons. The lowest BCUT2D eigenvalue weighted by Crippen LogP contribution is -2.48. The van der Waals surface area contributed by atoms with Crippen molar-refractivity contribution in [3.63, 3.8) is 0 Å². The molecule has 2 aliphatic rings. The minimum absolute atomic E-state index is 0.0279. The number of sulfonamides is 1. The number of rotatable bonds is 6. The fraction of sp³-hybridized carbons (Fsp3) is 0.500. The van der Waals surface area contributed by atoms with Gasteiger partial charge in [0.15, 0.2) is 0 Å². The molecular weight excluding hydrogens is 384 g/mol. The van der Waals surface area contributed by atoms with Crippen LogP contribution >= 0.6 is 0 Å². The number of benzene rings is 1. The first-order chi connectivity index (χ1) is 13.2. The zero-order chi connectivity index (χ0) is 20.4. The summed E-state index contributed by atoms with van der Waals surface area (Å²) in [5.74, 6) is -0.683. The number of amides is 4. The molecule has 3 N–H and O–H groups in total. The molecule has 0 bridgehead atoms. The molecule has 1 spiro atoms. The van der Waals surface area contributed by atoms with Crippen LogP contribution in [0.15, 0.2) is 24.3 Å². The van der Waals surface area contributed by atoms with Crippen LogP contribution in [-0.2, 0) is 19.6 Å². The second-order valence-electron chi connectivity index (χ2n) is 7.25. The largest absolute Gasteiger partial charge is 0.325 e. The molecule has 0 unspecified atom stereocenters. The van der Waals surface area contributed by atoms with Crippen LogP contribution in [-0.4, -0.2) is 49.5 Å². The van der Waals surface area contributed by atoms with Gasteiger partial charge >= 0.3 is 6.03 Å². The lowest BCUT2D eigenvalue weighted by molar-refractivity contribution is -0.132. The Morgan fingerprint density at radius 1 is 1.14 bits per heavy atom. The van der Waals surface area contributed by atoms with Gasteiger partial charge in [-0.1, -0.05) is 31.4 Å². The highest BCUT2D eigenvalue weighted by molar-refractivity contribution is 7.92. The highest BCUT2D eigenvalue weighted by atomic mass is 32.2. The van der Waals surface area contributed by atoms with E-state index in [0.717, 1.165) is 30.4 Å². The molecule has 152 valence electrons. The first-order valence-corrected chi connectivity index (χ1v) is 11.1. The number of nitrogens with one attached hydrogen (secondary N) is 3. The summed E-state index contributed by atoms with van der Waals surface area (Å²) in [6.07, 6.45) is 5.03. The maximum absolute atomic E-state index is 12.7. The van der Waals surface area contributed by atoms with Gasteiger partial charge in [0.2, 0.25) is 15.9 Å². The third kappa shape index (κ3) is 4.44. The van der Waals surface area contributed by atoms with E-state index in [-0.39, 0.29) is 24.6 Å². The lowest BCUT2D eigenvalue weighted by atomic mass is 9.82. The number of anilines is 2. The summed E-state index contributed by atoms with van der Waals surface area (Å²) in [7, 11) is -3.50. The van der Waals surface area contributed by atoms with E-state index in [9.17, 15) is 22.8 Å². The van der Waals surface area contributed by atoms with Crippen molar-refractivity contribution in [1.82, 2.24) is 10.2 Å². The summed E-state index contributed by atoms with van der Waals surface area (Å²) >= 11 is 0. The summed E-state index contributed by atoms with van der Waals surface area (Å²) in [6, 6.07) is 5.93. The summed E-state index contributed by atoms with van der Waals surface area (Å²) in [5.41, 5.74) is -0.258. The van der Waals surface area contributed by atoms with Gasteiger partial charge in [0.1, 0.15) is 5.54 Å². The van der Waals surface area contributed by atoms with E-state index in [1.165, 1.54) is 6.07 Å². The molecule has 0 aromatic heterocycles. The third-order valence-electron chi connectivity index (χ3n) is 5.01. The Morgan fingerprint density at radius 2 is 1.79 bits per heavy atom. The van der Waals surface area contributed by atoms with Gasteiger partial charge in [-0.3, -0.25) is 19.2 Å². The van der Waals surface area contributed by atoms with Crippen molar-refractivity contribution >= 4 is 39.2 Å². The minimum atomic E-state index is -3.50. The molecule has 1 saturated heterocycles. The number of carbonyl (C=O) groups excluding carboxylic acids is 3. The maximum atomic E-state index is 12.7. The van der Waals surface area contributed by atoms with E-state index >= 15 is 0 Å². The average molecular weight is 408 g/mol.